The summed E-state index contributed by atoms with van der Waals surface area (Å²) in [7, 11) is 1.88. The van der Waals surface area contributed by atoms with Crippen molar-refractivity contribution in [1.29, 1.82) is 0 Å². The van der Waals surface area contributed by atoms with E-state index >= 15 is 0 Å². The molecule has 5 nitrogen and oxygen atoms in total. The van der Waals surface area contributed by atoms with Crippen LogP contribution in [-0.2, 0) is 31.1 Å². The molecule has 1 N–H and O–H groups in total. The van der Waals surface area contributed by atoms with Crippen molar-refractivity contribution < 1.29 is 18.0 Å². The summed E-state index contributed by atoms with van der Waals surface area (Å²) in [5.41, 5.74) is -0.569. The highest BCUT2D eigenvalue weighted by molar-refractivity contribution is 5.79. The molecule has 1 amide bonds. The lowest BCUT2D eigenvalue weighted by Gasteiger charge is -2.20. The van der Waals surface area contributed by atoms with Gasteiger partial charge in [-0.3, -0.25) is 4.79 Å². The SMILES string of the molecule is Cn1ccnc1CN[C@@H]1CC(=O)N(Cc2ccccc2C(F)(F)F)C1. The van der Waals surface area contributed by atoms with Gasteiger partial charge in [-0.25, -0.2) is 4.98 Å². The molecular formula is C17H19F3N4O. The third-order valence-corrected chi connectivity index (χ3v) is 4.37. The van der Waals surface area contributed by atoms with Crippen LogP contribution >= 0.6 is 0 Å². The van der Waals surface area contributed by atoms with Gasteiger partial charge in [0.25, 0.3) is 0 Å². The minimum absolute atomic E-state index is 0.0326. The molecule has 0 spiro atoms. The van der Waals surface area contributed by atoms with Crippen LogP contribution in [0.1, 0.15) is 23.4 Å². The summed E-state index contributed by atoms with van der Waals surface area (Å²) in [6, 6.07) is 5.29. The second-order valence-corrected chi connectivity index (χ2v) is 6.17. The number of carbonyl (C=O) groups is 1. The molecule has 2 heterocycles. The molecular weight excluding hydrogens is 333 g/mol. The van der Waals surface area contributed by atoms with Crippen molar-refractivity contribution in [3.05, 3.63) is 53.6 Å². The number of amides is 1. The Bertz CT molecular complexity index is 756. The maximum Gasteiger partial charge on any atom is 0.416 e. The molecule has 134 valence electrons. The normalized spacial score (nSPS) is 18.2. The highest BCUT2D eigenvalue weighted by atomic mass is 19.4. The topological polar surface area (TPSA) is 50.2 Å². The first-order chi connectivity index (χ1) is 11.8. The van der Waals surface area contributed by atoms with Gasteiger partial charge in [-0.15, -0.1) is 0 Å². The number of hydrogen-bond acceptors (Lipinski definition) is 3. The molecule has 0 bridgehead atoms. The van der Waals surface area contributed by atoms with E-state index in [2.05, 4.69) is 10.3 Å². The standard InChI is InChI=1S/C17H19F3N4O/c1-23-7-6-21-15(23)9-22-13-8-16(25)24(11-13)10-12-4-2-3-5-14(12)17(18,19)20/h2-7,13,22H,8-11H2,1H3/t13-/m1/s1. The largest absolute Gasteiger partial charge is 0.416 e. The number of alkyl halides is 3. The fraction of sp³-hybridized carbons (Fsp3) is 0.412. The summed E-state index contributed by atoms with van der Waals surface area (Å²) < 4.78 is 41.1. The fourth-order valence-electron chi connectivity index (χ4n) is 3.00. The summed E-state index contributed by atoms with van der Waals surface area (Å²) in [6.45, 7) is 0.860. The zero-order valence-electron chi connectivity index (χ0n) is 13.8. The predicted octanol–water partition coefficient (Wildman–Crippen LogP) is 2.33. The third-order valence-electron chi connectivity index (χ3n) is 4.37. The first kappa shape index (κ1) is 17.5. The van der Waals surface area contributed by atoms with Gasteiger partial charge in [-0.2, -0.15) is 13.2 Å². The Morgan fingerprint density at radius 1 is 1.32 bits per heavy atom. The van der Waals surface area contributed by atoms with Crippen LogP contribution in [0, 0.1) is 0 Å². The van der Waals surface area contributed by atoms with E-state index in [1.807, 2.05) is 17.8 Å². The highest BCUT2D eigenvalue weighted by Gasteiger charge is 2.35. The van der Waals surface area contributed by atoms with E-state index in [9.17, 15) is 18.0 Å². The number of aromatic nitrogens is 2. The Hall–Kier alpha value is -2.35. The summed E-state index contributed by atoms with van der Waals surface area (Å²) in [4.78, 5) is 17.8. The van der Waals surface area contributed by atoms with Gasteiger partial charge < -0.3 is 14.8 Å². The smallest absolute Gasteiger partial charge is 0.337 e. The molecule has 1 fully saturated rings. The average molecular weight is 352 g/mol. The number of benzene rings is 1. The quantitative estimate of drug-likeness (QED) is 0.899. The van der Waals surface area contributed by atoms with Gasteiger partial charge in [-0.1, -0.05) is 18.2 Å². The highest BCUT2D eigenvalue weighted by Crippen LogP contribution is 2.32. The molecule has 1 saturated heterocycles. The number of carbonyl (C=O) groups excluding carboxylic acids is 1. The van der Waals surface area contributed by atoms with Crippen LogP contribution in [0.25, 0.3) is 0 Å². The van der Waals surface area contributed by atoms with E-state index in [-0.39, 0.29) is 30.5 Å². The van der Waals surface area contributed by atoms with Crippen molar-refractivity contribution in [3.8, 4) is 0 Å². The number of nitrogens with one attached hydrogen (secondary N) is 1. The number of imidazole rings is 1. The molecule has 8 heteroatoms. The lowest BCUT2D eigenvalue weighted by molar-refractivity contribution is -0.139. The van der Waals surface area contributed by atoms with Gasteiger partial charge in [0.1, 0.15) is 5.82 Å². The van der Waals surface area contributed by atoms with Gasteiger partial charge in [0.15, 0.2) is 0 Å². The van der Waals surface area contributed by atoms with E-state index in [1.54, 1.807) is 12.3 Å². The van der Waals surface area contributed by atoms with Gasteiger partial charge in [0.2, 0.25) is 5.91 Å². The van der Waals surface area contributed by atoms with Crippen molar-refractivity contribution in [2.75, 3.05) is 6.54 Å². The molecule has 25 heavy (non-hydrogen) atoms. The van der Waals surface area contributed by atoms with Crippen LogP contribution < -0.4 is 5.32 Å². The van der Waals surface area contributed by atoms with Crippen molar-refractivity contribution in [2.45, 2.75) is 31.7 Å². The van der Waals surface area contributed by atoms with E-state index in [0.717, 1.165) is 11.9 Å². The van der Waals surface area contributed by atoms with Crippen LogP contribution in [-0.4, -0.2) is 32.9 Å². The molecule has 1 aliphatic rings. The molecule has 0 aliphatic carbocycles. The molecule has 1 aromatic carbocycles. The minimum Gasteiger partial charge on any atom is -0.337 e. The second kappa shape index (κ2) is 6.87. The van der Waals surface area contributed by atoms with Crippen LogP contribution in [0.15, 0.2) is 36.7 Å². The van der Waals surface area contributed by atoms with Crippen molar-refractivity contribution in [1.82, 2.24) is 19.8 Å². The Morgan fingerprint density at radius 3 is 2.76 bits per heavy atom. The molecule has 1 aromatic heterocycles. The monoisotopic (exact) mass is 352 g/mol. The van der Waals surface area contributed by atoms with Crippen molar-refractivity contribution in [2.24, 2.45) is 7.05 Å². The van der Waals surface area contributed by atoms with E-state index in [1.165, 1.54) is 17.0 Å². The zero-order chi connectivity index (χ0) is 18.0. The maximum absolute atomic E-state index is 13.1. The lowest BCUT2D eigenvalue weighted by atomic mass is 10.1. The van der Waals surface area contributed by atoms with E-state index < -0.39 is 11.7 Å². The van der Waals surface area contributed by atoms with Gasteiger partial charge in [0.05, 0.1) is 12.1 Å². The summed E-state index contributed by atoms with van der Waals surface area (Å²) in [5, 5.41) is 3.25. The molecule has 0 unspecified atom stereocenters. The third kappa shape index (κ3) is 4.01. The van der Waals surface area contributed by atoms with Crippen molar-refractivity contribution >= 4 is 5.91 Å². The van der Waals surface area contributed by atoms with Crippen LogP contribution in [0.2, 0.25) is 0 Å². The van der Waals surface area contributed by atoms with Crippen LogP contribution in [0.3, 0.4) is 0 Å². The zero-order valence-corrected chi connectivity index (χ0v) is 13.8. The molecule has 2 aromatic rings. The molecule has 0 saturated carbocycles. The average Bonchev–Trinajstić information content (AvgIpc) is 3.11. The van der Waals surface area contributed by atoms with Gasteiger partial charge in [0, 0.05) is 45.0 Å². The fourth-order valence-corrected chi connectivity index (χ4v) is 3.00. The lowest BCUT2D eigenvalue weighted by Crippen LogP contribution is -2.33. The Kier molecular flexibility index (Phi) is 4.80. The van der Waals surface area contributed by atoms with Crippen molar-refractivity contribution in [3.63, 3.8) is 0 Å². The number of nitrogens with zero attached hydrogens (tertiary/aromatic N) is 3. The Balaban J connectivity index is 1.63. The molecule has 3 rings (SSSR count). The number of halogens is 3. The molecule has 1 atom stereocenters. The molecule has 0 radical (unpaired) electrons. The van der Waals surface area contributed by atoms with Gasteiger partial charge in [-0.05, 0) is 11.6 Å². The first-order valence-electron chi connectivity index (χ1n) is 7.97. The summed E-state index contributed by atoms with van der Waals surface area (Å²) in [5.74, 6) is 0.697. The van der Waals surface area contributed by atoms with E-state index in [0.29, 0.717) is 13.1 Å². The number of hydrogen-bond donors (Lipinski definition) is 1. The molecule has 1 aliphatic heterocycles. The van der Waals surface area contributed by atoms with E-state index in [4.69, 9.17) is 0 Å². The first-order valence-corrected chi connectivity index (χ1v) is 7.97. The number of rotatable bonds is 5. The Morgan fingerprint density at radius 2 is 2.08 bits per heavy atom. The number of aryl methyl sites for hydroxylation is 1. The number of likely N-dealkylation sites (tertiary alicyclic amines) is 1. The van der Waals surface area contributed by atoms with Crippen LogP contribution in [0.4, 0.5) is 13.2 Å². The summed E-state index contributed by atoms with van der Waals surface area (Å²) >= 11 is 0. The Labute approximate surface area is 143 Å². The second-order valence-electron chi connectivity index (χ2n) is 6.17. The van der Waals surface area contributed by atoms with Gasteiger partial charge >= 0.3 is 6.18 Å². The van der Waals surface area contributed by atoms with Crippen LogP contribution in [0.5, 0.6) is 0 Å². The predicted molar refractivity (Wildman–Crippen MR) is 85.3 cm³/mol. The minimum atomic E-state index is -4.42. The maximum atomic E-state index is 13.1. The summed E-state index contributed by atoms with van der Waals surface area (Å²) in [6.07, 6.45) is -0.623.